The van der Waals surface area contributed by atoms with Gasteiger partial charge < -0.3 is 15.0 Å². The van der Waals surface area contributed by atoms with Crippen LogP contribution in [0.15, 0.2) is 24.3 Å². The third-order valence-electron chi connectivity index (χ3n) is 4.84. The van der Waals surface area contributed by atoms with Crippen LogP contribution >= 0.6 is 11.5 Å². The molecule has 1 saturated carbocycles. The summed E-state index contributed by atoms with van der Waals surface area (Å²) in [5.41, 5.74) is 1.12. The van der Waals surface area contributed by atoms with Crippen LogP contribution in [0.5, 0.6) is 5.75 Å². The minimum absolute atomic E-state index is 0.131. The van der Waals surface area contributed by atoms with Gasteiger partial charge in [-0.2, -0.15) is 4.37 Å². The summed E-state index contributed by atoms with van der Waals surface area (Å²) in [7, 11) is 1.67. The monoisotopic (exact) mass is 388 g/mol. The van der Waals surface area contributed by atoms with Crippen LogP contribution in [0.25, 0.3) is 0 Å². The maximum Gasteiger partial charge on any atom is 0.221 e. The van der Waals surface area contributed by atoms with Crippen molar-refractivity contribution in [2.45, 2.75) is 58.0 Å². The molecule has 1 aromatic carbocycles. The Kier molecular flexibility index (Phi) is 6.66. The summed E-state index contributed by atoms with van der Waals surface area (Å²) in [5.74, 6) is 1.77. The number of benzene rings is 1. The standard InChI is InChI=1S/C20H28N4O2S/c1-4-14(2)24(11-10-19(25)21-16-8-9-16)20-22-18(23-27-20)13-15-6-5-7-17(12-15)26-3/h5-7,12,14,16H,4,8-11,13H2,1-3H3,(H,21,25)/t14-/m0/s1. The normalized spacial score (nSPS) is 14.6. The number of nitrogens with zero attached hydrogens (tertiary/aromatic N) is 3. The van der Waals surface area contributed by atoms with E-state index < -0.39 is 0 Å². The number of rotatable bonds is 10. The van der Waals surface area contributed by atoms with Gasteiger partial charge in [-0.1, -0.05) is 19.1 Å². The largest absolute Gasteiger partial charge is 0.497 e. The molecule has 0 aliphatic heterocycles. The molecule has 146 valence electrons. The highest BCUT2D eigenvalue weighted by Crippen LogP contribution is 2.24. The summed E-state index contributed by atoms with van der Waals surface area (Å²) in [5, 5.41) is 3.95. The lowest BCUT2D eigenvalue weighted by molar-refractivity contribution is -0.121. The lowest BCUT2D eigenvalue weighted by atomic mass is 10.1. The molecule has 0 unspecified atom stereocenters. The van der Waals surface area contributed by atoms with Gasteiger partial charge in [-0.3, -0.25) is 4.79 Å². The van der Waals surface area contributed by atoms with Crippen LogP contribution in [-0.2, 0) is 11.2 Å². The highest BCUT2D eigenvalue weighted by atomic mass is 32.1. The fraction of sp³-hybridized carbons (Fsp3) is 0.550. The van der Waals surface area contributed by atoms with Crippen LogP contribution in [-0.4, -0.2) is 41.0 Å². The number of amides is 1. The molecular weight excluding hydrogens is 360 g/mol. The van der Waals surface area contributed by atoms with Crippen LogP contribution in [0.3, 0.4) is 0 Å². The van der Waals surface area contributed by atoms with Crippen LogP contribution in [0.2, 0.25) is 0 Å². The quantitative estimate of drug-likeness (QED) is 0.676. The molecule has 3 rings (SSSR count). The first kappa shape index (κ1) is 19.6. The van der Waals surface area contributed by atoms with Crippen LogP contribution in [0.4, 0.5) is 5.13 Å². The fourth-order valence-electron chi connectivity index (χ4n) is 2.87. The number of carbonyl (C=O) groups excluding carboxylic acids is 1. The summed E-state index contributed by atoms with van der Waals surface area (Å²) in [6.45, 7) is 4.99. The van der Waals surface area contributed by atoms with Gasteiger partial charge in [0, 0.05) is 43.0 Å². The zero-order chi connectivity index (χ0) is 19.2. The van der Waals surface area contributed by atoms with Crippen molar-refractivity contribution in [3.63, 3.8) is 0 Å². The zero-order valence-electron chi connectivity index (χ0n) is 16.3. The lowest BCUT2D eigenvalue weighted by Gasteiger charge is -2.27. The second kappa shape index (κ2) is 9.17. The van der Waals surface area contributed by atoms with Gasteiger partial charge in [0.05, 0.1) is 7.11 Å². The Bertz CT molecular complexity index is 760. The summed E-state index contributed by atoms with van der Waals surface area (Å²) >= 11 is 1.41. The van der Waals surface area contributed by atoms with Gasteiger partial charge in [0.2, 0.25) is 11.0 Å². The molecule has 6 nitrogen and oxygen atoms in total. The first-order chi connectivity index (χ1) is 13.1. The molecule has 0 spiro atoms. The van der Waals surface area contributed by atoms with Crippen molar-refractivity contribution >= 4 is 22.6 Å². The second-order valence-corrected chi connectivity index (χ2v) is 7.79. The van der Waals surface area contributed by atoms with Crippen LogP contribution in [0, 0.1) is 0 Å². The van der Waals surface area contributed by atoms with E-state index in [1.54, 1.807) is 7.11 Å². The Morgan fingerprint density at radius 1 is 1.44 bits per heavy atom. The van der Waals surface area contributed by atoms with Crippen molar-refractivity contribution < 1.29 is 9.53 Å². The van der Waals surface area contributed by atoms with Gasteiger partial charge in [-0.05, 0) is 43.9 Å². The van der Waals surface area contributed by atoms with Gasteiger partial charge >= 0.3 is 0 Å². The summed E-state index contributed by atoms with van der Waals surface area (Å²) in [4.78, 5) is 19.0. The van der Waals surface area contributed by atoms with Crippen molar-refractivity contribution in [1.29, 1.82) is 0 Å². The van der Waals surface area contributed by atoms with Crippen molar-refractivity contribution in [3.8, 4) is 5.75 Å². The Morgan fingerprint density at radius 2 is 2.26 bits per heavy atom. The van der Waals surface area contributed by atoms with Gasteiger partial charge in [-0.15, -0.1) is 0 Å². The zero-order valence-corrected chi connectivity index (χ0v) is 17.1. The minimum atomic E-state index is 0.131. The first-order valence-electron chi connectivity index (χ1n) is 9.60. The predicted molar refractivity (Wildman–Crippen MR) is 109 cm³/mol. The Labute approximate surface area is 165 Å². The van der Waals surface area contributed by atoms with Gasteiger partial charge in [0.1, 0.15) is 11.6 Å². The molecule has 1 aliphatic carbocycles. The third-order valence-corrected chi connectivity index (χ3v) is 5.64. The van der Waals surface area contributed by atoms with Crippen molar-refractivity contribution in [3.05, 3.63) is 35.7 Å². The van der Waals surface area contributed by atoms with E-state index in [0.29, 0.717) is 31.5 Å². The molecule has 0 bridgehead atoms. The van der Waals surface area contributed by atoms with E-state index in [9.17, 15) is 4.79 Å². The summed E-state index contributed by atoms with van der Waals surface area (Å²) in [6.07, 6.45) is 4.39. The van der Waals surface area contributed by atoms with E-state index in [-0.39, 0.29) is 5.91 Å². The second-order valence-electron chi connectivity index (χ2n) is 7.06. The number of ether oxygens (including phenoxy) is 1. The Hall–Kier alpha value is -2.15. The average Bonchev–Trinajstić information content (AvgIpc) is 3.38. The molecule has 0 radical (unpaired) electrons. The van der Waals surface area contributed by atoms with E-state index >= 15 is 0 Å². The number of hydrogen-bond donors (Lipinski definition) is 1. The molecule has 1 amide bonds. The summed E-state index contributed by atoms with van der Waals surface area (Å²) < 4.78 is 9.82. The van der Waals surface area contributed by atoms with Gasteiger partial charge in [0.15, 0.2) is 0 Å². The maximum atomic E-state index is 12.1. The number of nitrogens with one attached hydrogen (secondary N) is 1. The maximum absolute atomic E-state index is 12.1. The molecule has 1 heterocycles. The number of aromatic nitrogens is 2. The third kappa shape index (κ3) is 5.66. The first-order valence-corrected chi connectivity index (χ1v) is 10.4. The summed E-state index contributed by atoms with van der Waals surface area (Å²) in [6, 6.07) is 8.70. The molecule has 0 saturated heterocycles. The molecule has 1 aliphatic rings. The van der Waals surface area contributed by atoms with Gasteiger partial charge in [-0.25, -0.2) is 4.98 Å². The van der Waals surface area contributed by atoms with E-state index in [4.69, 9.17) is 9.72 Å². The van der Waals surface area contributed by atoms with E-state index in [1.807, 2.05) is 18.2 Å². The SMILES string of the molecule is CC[C@H](C)N(CCC(=O)NC1CC1)c1nc(Cc2cccc(OC)c2)ns1. The van der Waals surface area contributed by atoms with E-state index in [2.05, 4.69) is 34.5 Å². The molecule has 27 heavy (non-hydrogen) atoms. The number of carbonyl (C=O) groups is 1. The molecule has 1 fully saturated rings. The topological polar surface area (TPSA) is 67.4 Å². The van der Waals surface area contributed by atoms with Crippen molar-refractivity contribution in [1.82, 2.24) is 14.7 Å². The van der Waals surface area contributed by atoms with E-state index in [0.717, 1.165) is 41.5 Å². The molecule has 2 aromatic rings. The molecular formula is C20H28N4O2S. The minimum Gasteiger partial charge on any atom is -0.497 e. The molecule has 1 N–H and O–H groups in total. The molecule has 1 atom stereocenters. The van der Waals surface area contributed by atoms with Crippen molar-refractivity contribution in [2.24, 2.45) is 0 Å². The number of hydrogen-bond acceptors (Lipinski definition) is 6. The lowest BCUT2D eigenvalue weighted by Crippen LogP contribution is -2.37. The molecule has 1 aromatic heterocycles. The van der Waals surface area contributed by atoms with Crippen LogP contribution in [0.1, 0.15) is 50.9 Å². The number of anilines is 1. The Morgan fingerprint density at radius 3 is 2.96 bits per heavy atom. The average molecular weight is 389 g/mol. The Balaban J connectivity index is 1.64. The fourth-order valence-corrected chi connectivity index (χ4v) is 3.69. The van der Waals surface area contributed by atoms with Gasteiger partial charge in [0.25, 0.3) is 0 Å². The smallest absolute Gasteiger partial charge is 0.221 e. The highest BCUT2D eigenvalue weighted by Gasteiger charge is 2.24. The highest BCUT2D eigenvalue weighted by molar-refractivity contribution is 7.09. The predicted octanol–water partition coefficient (Wildman–Crippen LogP) is 3.41. The van der Waals surface area contributed by atoms with Crippen LogP contribution < -0.4 is 15.0 Å². The van der Waals surface area contributed by atoms with Crippen molar-refractivity contribution in [2.75, 3.05) is 18.6 Å². The number of methoxy groups -OCH3 is 1. The molecule has 7 heteroatoms. The van der Waals surface area contributed by atoms with E-state index in [1.165, 1.54) is 11.5 Å².